The molecule has 2 atom stereocenters. The maximum atomic E-state index is 12.9. The Hall–Kier alpha value is -3.09. The van der Waals surface area contributed by atoms with E-state index in [2.05, 4.69) is 0 Å². The predicted octanol–water partition coefficient (Wildman–Crippen LogP) is 4.59. The van der Waals surface area contributed by atoms with E-state index < -0.39 is 18.0 Å². The zero-order valence-electron chi connectivity index (χ0n) is 15.7. The summed E-state index contributed by atoms with van der Waals surface area (Å²) in [7, 11) is 0. The second-order valence-corrected chi connectivity index (χ2v) is 6.46. The van der Waals surface area contributed by atoms with Crippen molar-refractivity contribution in [1.82, 2.24) is 0 Å². The minimum atomic E-state index is -0.677. The lowest BCUT2D eigenvalue weighted by molar-refractivity contribution is -0.107. The standard InChI is InChI=1S/C21H22F2N2O3/c1-13(27-17-7-3-15(22)4-8-17)11-19(24)21(26)20(25)12-14(2)28-18-9-5-16(23)6-10-18/h3-10,13-14,24-25H,11-12H2,1-2H3. The van der Waals surface area contributed by atoms with E-state index in [9.17, 15) is 13.6 Å². The van der Waals surface area contributed by atoms with Crippen LogP contribution in [0.15, 0.2) is 48.5 Å². The van der Waals surface area contributed by atoms with Gasteiger partial charge in [0.1, 0.15) is 35.3 Å². The molecular weight excluding hydrogens is 366 g/mol. The van der Waals surface area contributed by atoms with Crippen LogP contribution < -0.4 is 9.47 Å². The van der Waals surface area contributed by atoms with Gasteiger partial charge in [0.15, 0.2) is 0 Å². The minimum Gasteiger partial charge on any atom is -0.490 e. The van der Waals surface area contributed by atoms with Gasteiger partial charge in [-0.2, -0.15) is 0 Å². The molecule has 2 aromatic carbocycles. The molecule has 5 nitrogen and oxygen atoms in total. The van der Waals surface area contributed by atoms with E-state index in [1.165, 1.54) is 48.5 Å². The Morgan fingerprint density at radius 2 is 1.11 bits per heavy atom. The Balaban J connectivity index is 1.82. The van der Waals surface area contributed by atoms with Crippen molar-refractivity contribution in [2.24, 2.45) is 0 Å². The van der Waals surface area contributed by atoms with Gasteiger partial charge in [0.25, 0.3) is 0 Å². The Bertz CT molecular complexity index is 766. The van der Waals surface area contributed by atoms with E-state index in [1.54, 1.807) is 13.8 Å². The van der Waals surface area contributed by atoms with Gasteiger partial charge >= 0.3 is 0 Å². The van der Waals surface area contributed by atoms with Crippen molar-refractivity contribution >= 4 is 17.2 Å². The van der Waals surface area contributed by atoms with Crippen LogP contribution in [0.2, 0.25) is 0 Å². The van der Waals surface area contributed by atoms with E-state index >= 15 is 0 Å². The van der Waals surface area contributed by atoms with Gasteiger partial charge in [0.2, 0.25) is 5.78 Å². The maximum Gasteiger partial charge on any atom is 0.220 e. The number of carbonyl (C=O) groups excluding carboxylic acids is 1. The van der Waals surface area contributed by atoms with E-state index in [0.717, 1.165) is 0 Å². The molecule has 0 saturated heterocycles. The molecule has 0 amide bonds. The summed E-state index contributed by atoms with van der Waals surface area (Å²) >= 11 is 0. The quantitative estimate of drug-likeness (QED) is 0.584. The number of rotatable bonds is 10. The number of Topliss-reactive ketones (excluding diaryl/α,β-unsaturated/α-hetero) is 1. The third-order valence-corrected chi connectivity index (χ3v) is 3.83. The molecule has 0 aliphatic heterocycles. The summed E-state index contributed by atoms with van der Waals surface area (Å²) in [6, 6.07) is 10.9. The second-order valence-electron chi connectivity index (χ2n) is 6.46. The van der Waals surface area contributed by atoms with E-state index in [1.807, 2.05) is 0 Å². The van der Waals surface area contributed by atoms with Crippen LogP contribution in [0.5, 0.6) is 11.5 Å². The summed E-state index contributed by atoms with van der Waals surface area (Å²) in [6.45, 7) is 3.38. The van der Waals surface area contributed by atoms with Crippen molar-refractivity contribution < 1.29 is 23.0 Å². The molecule has 2 aromatic rings. The lowest BCUT2D eigenvalue weighted by Crippen LogP contribution is -2.30. The number of nitrogens with one attached hydrogen (secondary N) is 2. The maximum absolute atomic E-state index is 12.9. The lowest BCUT2D eigenvalue weighted by Gasteiger charge is -2.17. The molecule has 2 rings (SSSR count). The number of halogens is 2. The average molecular weight is 388 g/mol. The number of carbonyl (C=O) groups is 1. The predicted molar refractivity (Wildman–Crippen MR) is 103 cm³/mol. The molecule has 0 radical (unpaired) electrons. The molecule has 2 unspecified atom stereocenters. The van der Waals surface area contributed by atoms with Crippen molar-refractivity contribution in [2.75, 3.05) is 0 Å². The monoisotopic (exact) mass is 388 g/mol. The molecule has 2 N–H and O–H groups in total. The molecule has 7 heteroatoms. The van der Waals surface area contributed by atoms with Gasteiger partial charge in [-0.25, -0.2) is 8.78 Å². The molecule has 0 fully saturated rings. The van der Waals surface area contributed by atoms with Gasteiger partial charge in [0.05, 0.1) is 11.4 Å². The van der Waals surface area contributed by atoms with Crippen LogP contribution in [0.1, 0.15) is 26.7 Å². The first-order valence-corrected chi connectivity index (χ1v) is 8.78. The number of hydrogen-bond acceptors (Lipinski definition) is 5. The zero-order valence-corrected chi connectivity index (χ0v) is 15.7. The highest BCUT2D eigenvalue weighted by Crippen LogP contribution is 2.16. The first-order valence-electron chi connectivity index (χ1n) is 8.78. The van der Waals surface area contributed by atoms with Gasteiger partial charge in [-0.1, -0.05) is 0 Å². The highest BCUT2D eigenvalue weighted by Gasteiger charge is 2.21. The number of benzene rings is 2. The van der Waals surface area contributed by atoms with Crippen molar-refractivity contribution in [3.63, 3.8) is 0 Å². The van der Waals surface area contributed by atoms with Gasteiger partial charge in [0, 0.05) is 12.8 Å². The van der Waals surface area contributed by atoms with Gasteiger partial charge < -0.3 is 20.3 Å². The normalized spacial score (nSPS) is 12.7. The van der Waals surface area contributed by atoms with Crippen molar-refractivity contribution in [2.45, 2.75) is 38.9 Å². The Kier molecular flexibility index (Phi) is 7.37. The highest BCUT2D eigenvalue weighted by atomic mass is 19.1. The van der Waals surface area contributed by atoms with Gasteiger partial charge in [-0.3, -0.25) is 4.79 Å². The third kappa shape index (κ3) is 6.57. The zero-order chi connectivity index (χ0) is 20.7. The highest BCUT2D eigenvalue weighted by molar-refractivity contribution is 6.65. The Morgan fingerprint density at radius 3 is 1.43 bits per heavy atom. The van der Waals surface area contributed by atoms with Crippen LogP contribution in [0.4, 0.5) is 8.78 Å². The first kappa shape index (κ1) is 21.2. The molecule has 28 heavy (non-hydrogen) atoms. The number of ketones is 1. The van der Waals surface area contributed by atoms with Gasteiger partial charge in [-0.05, 0) is 62.4 Å². The van der Waals surface area contributed by atoms with Crippen LogP contribution in [0, 0.1) is 22.5 Å². The molecule has 0 bridgehead atoms. The fourth-order valence-corrected chi connectivity index (χ4v) is 2.52. The molecule has 0 aliphatic carbocycles. The first-order chi connectivity index (χ1) is 13.2. The molecule has 0 aromatic heterocycles. The SMILES string of the molecule is CC(CC(=N)C(=O)C(=N)CC(C)Oc1ccc(F)cc1)Oc1ccc(F)cc1. The van der Waals surface area contributed by atoms with Crippen LogP contribution in [-0.2, 0) is 4.79 Å². The fraction of sp³-hybridized carbons (Fsp3) is 0.286. The van der Waals surface area contributed by atoms with Crippen molar-refractivity contribution in [3.8, 4) is 11.5 Å². The van der Waals surface area contributed by atoms with Crippen LogP contribution >= 0.6 is 0 Å². The minimum absolute atomic E-state index is 0.0196. The summed E-state index contributed by atoms with van der Waals surface area (Å²) in [4.78, 5) is 12.2. The summed E-state index contributed by atoms with van der Waals surface area (Å²) in [5, 5.41) is 15.9. The summed E-state index contributed by atoms with van der Waals surface area (Å²) in [6.07, 6.45) is -0.928. The fourth-order valence-electron chi connectivity index (χ4n) is 2.52. The number of ether oxygens (including phenoxy) is 2. The largest absolute Gasteiger partial charge is 0.490 e. The van der Waals surface area contributed by atoms with Crippen LogP contribution in [0.25, 0.3) is 0 Å². The summed E-state index contributed by atoms with van der Waals surface area (Å²) in [5.41, 5.74) is -0.484. The number of hydrogen-bond donors (Lipinski definition) is 2. The van der Waals surface area contributed by atoms with Crippen LogP contribution in [0.3, 0.4) is 0 Å². The molecule has 0 aliphatic rings. The van der Waals surface area contributed by atoms with Crippen molar-refractivity contribution in [1.29, 1.82) is 10.8 Å². The Morgan fingerprint density at radius 1 is 0.786 bits per heavy atom. The topological polar surface area (TPSA) is 83.2 Å². The van der Waals surface area contributed by atoms with Crippen molar-refractivity contribution in [3.05, 3.63) is 60.2 Å². The van der Waals surface area contributed by atoms with Gasteiger partial charge in [-0.15, -0.1) is 0 Å². The average Bonchev–Trinajstić information content (AvgIpc) is 2.64. The van der Waals surface area contributed by atoms with Crippen LogP contribution in [-0.4, -0.2) is 29.4 Å². The molecule has 0 heterocycles. The second kappa shape index (κ2) is 9.73. The molecule has 0 saturated carbocycles. The molecular formula is C21H22F2N2O3. The third-order valence-electron chi connectivity index (χ3n) is 3.83. The van der Waals surface area contributed by atoms with E-state index in [0.29, 0.717) is 11.5 Å². The van der Waals surface area contributed by atoms with E-state index in [4.69, 9.17) is 20.3 Å². The van der Waals surface area contributed by atoms with E-state index in [-0.39, 0.29) is 35.9 Å². The summed E-state index contributed by atoms with van der Waals surface area (Å²) in [5.74, 6) is -0.568. The summed E-state index contributed by atoms with van der Waals surface area (Å²) < 4.78 is 36.9. The molecule has 0 spiro atoms. The Labute approximate surface area is 162 Å². The molecule has 148 valence electrons. The lowest BCUT2D eigenvalue weighted by atomic mass is 10.0. The smallest absolute Gasteiger partial charge is 0.220 e.